The van der Waals surface area contributed by atoms with E-state index in [9.17, 15) is 4.79 Å². The van der Waals surface area contributed by atoms with Crippen LogP contribution in [0, 0.1) is 0 Å². The van der Waals surface area contributed by atoms with Gasteiger partial charge in [-0.1, -0.05) is 36.4 Å². The Balaban J connectivity index is 0.00000280. The zero-order chi connectivity index (χ0) is 19.1. The third-order valence-electron chi connectivity index (χ3n) is 4.76. The Labute approximate surface area is 171 Å². The van der Waals surface area contributed by atoms with Crippen molar-refractivity contribution in [2.45, 2.75) is 31.5 Å². The van der Waals surface area contributed by atoms with Gasteiger partial charge in [-0.15, -0.1) is 12.4 Å². The molecule has 1 aliphatic heterocycles. The summed E-state index contributed by atoms with van der Waals surface area (Å²) in [5.41, 5.74) is 7.36. The van der Waals surface area contributed by atoms with Gasteiger partial charge in [0.2, 0.25) is 5.91 Å². The third kappa shape index (κ3) is 5.61. The lowest BCUT2D eigenvalue weighted by Crippen LogP contribution is -2.56. The molecule has 0 spiro atoms. The number of rotatable bonds is 7. The molecule has 2 aromatic carbocycles. The molecule has 2 aromatic rings. The van der Waals surface area contributed by atoms with Crippen LogP contribution < -0.4 is 20.5 Å². The lowest BCUT2D eigenvalue weighted by atomic mass is 9.90. The summed E-state index contributed by atoms with van der Waals surface area (Å²) in [5, 5.41) is 2.92. The van der Waals surface area contributed by atoms with E-state index in [2.05, 4.69) is 5.32 Å². The largest absolute Gasteiger partial charge is 0.493 e. The predicted octanol–water partition coefficient (Wildman–Crippen LogP) is 2.82. The topological polar surface area (TPSA) is 82.8 Å². The van der Waals surface area contributed by atoms with E-state index in [4.69, 9.17) is 19.9 Å². The van der Waals surface area contributed by atoms with Crippen LogP contribution in [0.1, 0.15) is 24.0 Å². The van der Waals surface area contributed by atoms with Crippen LogP contribution >= 0.6 is 12.4 Å². The molecule has 1 aliphatic rings. The molecule has 1 amide bonds. The molecule has 3 rings (SSSR count). The molecule has 152 valence electrons. The molecule has 3 N–H and O–H groups in total. The molecule has 0 radical (unpaired) electrons. The first-order valence-corrected chi connectivity index (χ1v) is 9.09. The van der Waals surface area contributed by atoms with Crippen molar-refractivity contribution in [3.63, 3.8) is 0 Å². The second-order valence-corrected chi connectivity index (χ2v) is 6.71. The highest BCUT2D eigenvalue weighted by atomic mass is 35.5. The van der Waals surface area contributed by atoms with Crippen molar-refractivity contribution in [1.82, 2.24) is 5.32 Å². The lowest BCUT2D eigenvalue weighted by molar-refractivity contribution is -0.129. The minimum atomic E-state index is -0.846. The second kappa shape index (κ2) is 10.3. The number of amides is 1. The molecule has 1 saturated heterocycles. The van der Waals surface area contributed by atoms with Crippen molar-refractivity contribution < 1.29 is 19.0 Å². The minimum absolute atomic E-state index is 0. The number of halogens is 1. The molecule has 7 heteroatoms. The highest BCUT2D eigenvalue weighted by molar-refractivity contribution is 5.86. The normalized spacial score (nSPS) is 15.2. The van der Waals surface area contributed by atoms with Crippen LogP contribution in [0.15, 0.2) is 48.5 Å². The Morgan fingerprint density at radius 2 is 1.82 bits per heavy atom. The van der Waals surface area contributed by atoms with Crippen LogP contribution in [0.2, 0.25) is 0 Å². The first-order valence-electron chi connectivity index (χ1n) is 9.09. The van der Waals surface area contributed by atoms with Gasteiger partial charge < -0.3 is 25.3 Å². The van der Waals surface area contributed by atoms with Gasteiger partial charge in [0.1, 0.15) is 6.61 Å². The Hall–Kier alpha value is -2.28. The van der Waals surface area contributed by atoms with Crippen LogP contribution in [0.3, 0.4) is 0 Å². The summed E-state index contributed by atoms with van der Waals surface area (Å²) in [6.45, 7) is 1.88. The molecule has 1 fully saturated rings. The van der Waals surface area contributed by atoms with Gasteiger partial charge in [0.05, 0.1) is 12.6 Å². The summed E-state index contributed by atoms with van der Waals surface area (Å²) in [5.74, 6) is 1.15. The maximum atomic E-state index is 12.4. The number of carbonyl (C=O) groups is 1. The van der Waals surface area contributed by atoms with Gasteiger partial charge in [-0.05, 0) is 36.1 Å². The summed E-state index contributed by atoms with van der Waals surface area (Å²) in [6, 6.07) is 15.6. The van der Waals surface area contributed by atoms with Gasteiger partial charge in [0, 0.05) is 19.8 Å². The van der Waals surface area contributed by atoms with Crippen LogP contribution in [0.5, 0.6) is 11.5 Å². The first-order chi connectivity index (χ1) is 13.1. The van der Waals surface area contributed by atoms with Crippen molar-refractivity contribution in [1.29, 1.82) is 0 Å². The fraction of sp³-hybridized carbons (Fsp3) is 0.381. The van der Waals surface area contributed by atoms with Crippen LogP contribution in [-0.2, 0) is 22.7 Å². The van der Waals surface area contributed by atoms with E-state index in [1.165, 1.54) is 0 Å². The Kier molecular flexibility index (Phi) is 8.11. The van der Waals surface area contributed by atoms with Crippen LogP contribution in [-0.4, -0.2) is 31.8 Å². The van der Waals surface area contributed by atoms with Crippen molar-refractivity contribution in [3.05, 3.63) is 59.7 Å². The number of carbonyl (C=O) groups excluding carboxylic acids is 1. The second-order valence-electron chi connectivity index (χ2n) is 6.71. The number of hydrogen-bond acceptors (Lipinski definition) is 5. The lowest BCUT2D eigenvalue weighted by Gasteiger charge is -2.31. The molecule has 0 bridgehead atoms. The Bertz CT molecular complexity index is 764. The summed E-state index contributed by atoms with van der Waals surface area (Å²) in [6.07, 6.45) is 1.07. The Morgan fingerprint density at radius 1 is 1.11 bits per heavy atom. The standard InChI is InChI=1S/C21H26N2O4.ClH/c1-25-19-13-17(14-23-20(24)21(22)9-11-26-12-10-21)7-8-18(19)27-15-16-5-3-2-4-6-16;/h2-8,13H,9-12,14-15,22H2,1H3,(H,23,24);1H. The number of nitrogens with one attached hydrogen (secondary N) is 1. The highest BCUT2D eigenvalue weighted by Gasteiger charge is 2.35. The van der Waals surface area contributed by atoms with Crippen molar-refractivity contribution in [3.8, 4) is 11.5 Å². The number of hydrogen-bond donors (Lipinski definition) is 2. The van der Waals surface area contributed by atoms with E-state index in [0.717, 1.165) is 11.1 Å². The third-order valence-corrected chi connectivity index (χ3v) is 4.76. The monoisotopic (exact) mass is 406 g/mol. The number of nitrogens with two attached hydrogens (primary N) is 1. The van der Waals surface area contributed by atoms with Crippen molar-refractivity contribution >= 4 is 18.3 Å². The van der Waals surface area contributed by atoms with Gasteiger partial charge in [-0.2, -0.15) is 0 Å². The Morgan fingerprint density at radius 3 is 2.50 bits per heavy atom. The molecule has 6 nitrogen and oxygen atoms in total. The van der Waals surface area contributed by atoms with E-state index in [0.29, 0.717) is 50.7 Å². The van der Waals surface area contributed by atoms with E-state index < -0.39 is 5.54 Å². The molecule has 1 heterocycles. The molecular formula is C21H27ClN2O4. The highest BCUT2D eigenvalue weighted by Crippen LogP contribution is 2.29. The van der Waals surface area contributed by atoms with Crippen LogP contribution in [0.4, 0.5) is 0 Å². The minimum Gasteiger partial charge on any atom is -0.493 e. The van der Waals surface area contributed by atoms with E-state index >= 15 is 0 Å². The fourth-order valence-corrected chi connectivity index (χ4v) is 3.00. The molecule has 0 atom stereocenters. The molecule has 28 heavy (non-hydrogen) atoms. The van der Waals surface area contributed by atoms with Gasteiger partial charge in [-0.25, -0.2) is 0 Å². The summed E-state index contributed by atoms with van der Waals surface area (Å²) < 4.78 is 16.6. The SMILES string of the molecule is COc1cc(CNC(=O)C2(N)CCOCC2)ccc1OCc1ccccc1.Cl. The first kappa shape index (κ1) is 22.0. The molecular weight excluding hydrogens is 380 g/mol. The summed E-state index contributed by atoms with van der Waals surface area (Å²) in [7, 11) is 1.60. The molecule has 0 unspecified atom stereocenters. The fourth-order valence-electron chi connectivity index (χ4n) is 3.00. The average molecular weight is 407 g/mol. The van der Waals surface area contributed by atoms with E-state index in [1.54, 1.807) is 7.11 Å². The van der Waals surface area contributed by atoms with E-state index in [-0.39, 0.29) is 18.3 Å². The van der Waals surface area contributed by atoms with Gasteiger partial charge >= 0.3 is 0 Å². The van der Waals surface area contributed by atoms with Crippen molar-refractivity contribution in [2.24, 2.45) is 5.73 Å². The maximum Gasteiger partial charge on any atom is 0.240 e. The average Bonchev–Trinajstić information content (AvgIpc) is 2.72. The zero-order valence-corrected chi connectivity index (χ0v) is 16.8. The molecule has 0 aromatic heterocycles. The molecule has 0 saturated carbocycles. The van der Waals surface area contributed by atoms with Gasteiger partial charge in [0.25, 0.3) is 0 Å². The summed E-state index contributed by atoms with van der Waals surface area (Å²) in [4.78, 5) is 12.4. The van der Waals surface area contributed by atoms with Gasteiger partial charge in [0.15, 0.2) is 11.5 Å². The quantitative estimate of drug-likeness (QED) is 0.738. The van der Waals surface area contributed by atoms with Crippen molar-refractivity contribution in [2.75, 3.05) is 20.3 Å². The maximum absolute atomic E-state index is 12.4. The number of benzene rings is 2. The smallest absolute Gasteiger partial charge is 0.240 e. The zero-order valence-electron chi connectivity index (χ0n) is 16.0. The van der Waals surface area contributed by atoms with E-state index in [1.807, 2.05) is 48.5 Å². The molecule has 0 aliphatic carbocycles. The number of methoxy groups -OCH3 is 1. The van der Waals surface area contributed by atoms with Gasteiger partial charge in [-0.3, -0.25) is 4.79 Å². The predicted molar refractivity (Wildman–Crippen MR) is 110 cm³/mol. The van der Waals surface area contributed by atoms with Crippen LogP contribution in [0.25, 0.3) is 0 Å². The number of ether oxygens (including phenoxy) is 3. The summed E-state index contributed by atoms with van der Waals surface area (Å²) >= 11 is 0.